The van der Waals surface area contributed by atoms with Crippen LogP contribution in [0.2, 0.25) is 0 Å². The van der Waals surface area contributed by atoms with Crippen LogP contribution >= 0.6 is 0 Å². The second kappa shape index (κ2) is 4.65. The predicted octanol–water partition coefficient (Wildman–Crippen LogP) is 0.143. The summed E-state index contributed by atoms with van der Waals surface area (Å²) in [5.41, 5.74) is 2.13. The predicted molar refractivity (Wildman–Crippen MR) is 60.9 cm³/mol. The van der Waals surface area contributed by atoms with E-state index in [4.69, 9.17) is 0 Å². The number of rotatable bonds is 3. The van der Waals surface area contributed by atoms with Crippen LogP contribution in [0.15, 0.2) is 6.07 Å². The summed E-state index contributed by atoms with van der Waals surface area (Å²) in [6.07, 6.45) is 0. The van der Waals surface area contributed by atoms with Crippen molar-refractivity contribution in [2.24, 2.45) is 0 Å². The minimum Gasteiger partial charge on any atom is -0.334 e. The van der Waals surface area contributed by atoms with Crippen LogP contribution in [0.4, 0.5) is 0 Å². The van der Waals surface area contributed by atoms with E-state index in [1.807, 2.05) is 16.5 Å². The van der Waals surface area contributed by atoms with Crippen molar-refractivity contribution in [1.29, 1.82) is 0 Å². The van der Waals surface area contributed by atoms with Crippen LogP contribution in [-0.2, 0) is 17.9 Å². The Labute approximate surface area is 95.4 Å². The van der Waals surface area contributed by atoms with Gasteiger partial charge in [0.1, 0.15) is 0 Å². The molecule has 2 heterocycles. The number of nitrogens with one attached hydrogen (secondary N) is 1. The molecule has 1 aromatic heterocycles. The molecule has 0 saturated carbocycles. The van der Waals surface area contributed by atoms with E-state index >= 15 is 0 Å². The average molecular weight is 222 g/mol. The Morgan fingerprint density at radius 1 is 1.56 bits per heavy atom. The Kier molecular flexibility index (Phi) is 3.24. The number of nitrogens with zero attached hydrogens (tertiary/aromatic N) is 3. The highest BCUT2D eigenvalue weighted by Crippen LogP contribution is 2.08. The highest BCUT2D eigenvalue weighted by Gasteiger charge is 2.19. The molecule has 88 valence electrons. The van der Waals surface area contributed by atoms with Gasteiger partial charge in [0.2, 0.25) is 5.91 Å². The summed E-state index contributed by atoms with van der Waals surface area (Å²) in [7, 11) is 0. The maximum atomic E-state index is 11.6. The number of hydrogen-bond acceptors (Lipinski definition) is 3. The van der Waals surface area contributed by atoms with Gasteiger partial charge in [0.05, 0.1) is 24.5 Å². The Morgan fingerprint density at radius 2 is 2.38 bits per heavy atom. The maximum Gasteiger partial charge on any atom is 0.236 e. The summed E-state index contributed by atoms with van der Waals surface area (Å²) in [6.45, 7) is 7.69. The third kappa shape index (κ3) is 2.24. The van der Waals surface area contributed by atoms with Gasteiger partial charge in [-0.15, -0.1) is 0 Å². The van der Waals surface area contributed by atoms with Gasteiger partial charge in [-0.25, -0.2) is 0 Å². The van der Waals surface area contributed by atoms with E-state index < -0.39 is 0 Å². The van der Waals surface area contributed by atoms with Gasteiger partial charge in [0, 0.05) is 19.6 Å². The summed E-state index contributed by atoms with van der Waals surface area (Å²) < 4.78 is 1.96. The molecule has 1 fully saturated rings. The van der Waals surface area contributed by atoms with Gasteiger partial charge < -0.3 is 10.2 Å². The average Bonchev–Trinajstić information content (AvgIpc) is 2.62. The molecule has 16 heavy (non-hydrogen) atoms. The molecule has 1 aliphatic rings. The van der Waals surface area contributed by atoms with E-state index in [2.05, 4.69) is 23.4 Å². The van der Waals surface area contributed by atoms with Crippen molar-refractivity contribution in [3.05, 3.63) is 17.5 Å². The third-order valence-corrected chi connectivity index (χ3v) is 2.83. The van der Waals surface area contributed by atoms with Crippen molar-refractivity contribution in [3.63, 3.8) is 0 Å². The van der Waals surface area contributed by atoms with Crippen molar-refractivity contribution in [2.45, 2.75) is 26.9 Å². The fraction of sp³-hybridized carbons (Fsp3) is 0.636. The fourth-order valence-electron chi connectivity index (χ4n) is 2.01. The van der Waals surface area contributed by atoms with E-state index in [1.165, 1.54) is 0 Å². The van der Waals surface area contributed by atoms with Gasteiger partial charge >= 0.3 is 0 Å². The minimum absolute atomic E-state index is 0.174. The Hall–Kier alpha value is -1.36. The van der Waals surface area contributed by atoms with Crippen LogP contribution in [-0.4, -0.2) is 40.2 Å². The second-order valence-corrected chi connectivity index (χ2v) is 4.08. The van der Waals surface area contributed by atoms with Crippen LogP contribution < -0.4 is 5.32 Å². The lowest BCUT2D eigenvalue weighted by Gasteiger charge is -2.27. The molecule has 0 aliphatic carbocycles. The lowest BCUT2D eigenvalue weighted by atomic mass is 10.3. The Bertz CT molecular complexity index is 385. The highest BCUT2D eigenvalue weighted by molar-refractivity contribution is 5.78. The van der Waals surface area contributed by atoms with Gasteiger partial charge in [-0.3, -0.25) is 9.48 Å². The minimum atomic E-state index is 0.174. The molecule has 0 bridgehead atoms. The standard InChI is InChI=1S/C11H18N4O/c1-3-15-10(6-9(2)13-15)8-14-5-4-12-7-11(14)16/h6,12H,3-5,7-8H2,1-2H3. The lowest BCUT2D eigenvalue weighted by molar-refractivity contribution is -0.132. The quantitative estimate of drug-likeness (QED) is 0.791. The third-order valence-electron chi connectivity index (χ3n) is 2.83. The number of carbonyl (C=O) groups excluding carboxylic acids is 1. The van der Waals surface area contributed by atoms with E-state index in [0.717, 1.165) is 31.0 Å². The van der Waals surface area contributed by atoms with E-state index in [-0.39, 0.29) is 5.91 Å². The maximum absolute atomic E-state index is 11.6. The number of carbonyl (C=O) groups is 1. The SMILES string of the molecule is CCn1nc(C)cc1CN1CCNCC1=O. The van der Waals surface area contributed by atoms with Crippen LogP contribution in [0.5, 0.6) is 0 Å². The first-order valence-corrected chi connectivity index (χ1v) is 5.72. The van der Waals surface area contributed by atoms with Crippen LogP contribution in [0.1, 0.15) is 18.3 Å². The molecule has 0 radical (unpaired) electrons. The van der Waals surface area contributed by atoms with Crippen LogP contribution in [0, 0.1) is 6.92 Å². The van der Waals surface area contributed by atoms with Crippen molar-refractivity contribution in [2.75, 3.05) is 19.6 Å². The van der Waals surface area contributed by atoms with Crippen LogP contribution in [0.25, 0.3) is 0 Å². The summed E-state index contributed by atoms with van der Waals surface area (Å²) in [4.78, 5) is 13.5. The van der Waals surface area contributed by atoms with Gasteiger partial charge in [-0.2, -0.15) is 5.10 Å². The van der Waals surface area contributed by atoms with Crippen molar-refractivity contribution in [1.82, 2.24) is 20.0 Å². The molecule has 1 aromatic rings. The van der Waals surface area contributed by atoms with E-state index in [9.17, 15) is 4.79 Å². The van der Waals surface area contributed by atoms with Crippen LogP contribution in [0.3, 0.4) is 0 Å². The summed E-state index contributed by atoms with van der Waals surface area (Å²) in [6, 6.07) is 2.05. The van der Waals surface area contributed by atoms with E-state index in [0.29, 0.717) is 13.1 Å². The smallest absolute Gasteiger partial charge is 0.236 e. The number of aromatic nitrogens is 2. The molecular formula is C11H18N4O. The molecule has 0 unspecified atom stereocenters. The summed E-state index contributed by atoms with van der Waals surface area (Å²) in [5.74, 6) is 0.174. The molecule has 5 heteroatoms. The molecule has 0 atom stereocenters. The molecule has 1 amide bonds. The monoisotopic (exact) mass is 222 g/mol. The normalized spacial score (nSPS) is 16.9. The van der Waals surface area contributed by atoms with Crippen molar-refractivity contribution in [3.8, 4) is 0 Å². The number of aryl methyl sites for hydroxylation is 2. The molecule has 1 N–H and O–H groups in total. The van der Waals surface area contributed by atoms with Crippen molar-refractivity contribution >= 4 is 5.91 Å². The molecular weight excluding hydrogens is 204 g/mol. The zero-order chi connectivity index (χ0) is 11.5. The molecule has 1 saturated heterocycles. The number of hydrogen-bond donors (Lipinski definition) is 1. The largest absolute Gasteiger partial charge is 0.334 e. The Morgan fingerprint density at radius 3 is 3.06 bits per heavy atom. The zero-order valence-corrected chi connectivity index (χ0v) is 9.86. The highest BCUT2D eigenvalue weighted by atomic mass is 16.2. The molecule has 1 aliphatic heterocycles. The Balaban J connectivity index is 2.09. The van der Waals surface area contributed by atoms with E-state index in [1.54, 1.807) is 0 Å². The first-order valence-electron chi connectivity index (χ1n) is 5.72. The zero-order valence-electron chi connectivity index (χ0n) is 9.86. The second-order valence-electron chi connectivity index (χ2n) is 4.08. The molecule has 2 rings (SSSR count). The molecule has 0 aromatic carbocycles. The van der Waals surface area contributed by atoms with Gasteiger partial charge in [0.25, 0.3) is 0 Å². The lowest BCUT2D eigenvalue weighted by Crippen LogP contribution is -2.47. The fourth-order valence-corrected chi connectivity index (χ4v) is 2.01. The van der Waals surface area contributed by atoms with Gasteiger partial charge in [0.15, 0.2) is 0 Å². The van der Waals surface area contributed by atoms with Crippen molar-refractivity contribution < 1.29 is 4.79 Å². The summed E-state index contributed by atoms with van der Waals surface area (Å²) in [5, 5.41) is 7.45. The number of piperazine rings is 1. The van der Waals surface area contributed by atoms with Gasteiger partial charge in [-0.1, -0.05) is 0 Å². The van der Waals surface area contributed by atoms with Gasteiger partial charge in [-0.05, 0) is 19.9 Å². The first-order chi connectivity index (χ1) is 7.70. The molecule has 0 spiro atoms. The molecule has 5 nitrogen and oxygen atoms in total. The number of amides is 1. The topological polar surface area (TPSA) is 50.2 Å². The summed E-state index contributed by atoms with van der Waals surface area (Å²) >= 11 is 0. The first kappa shape index (κ1) is 11.1.